The SMILES string of the molecule is CCCOC(=O)C(O)(CC1CO1)C(O)c1ccccc1. The van der Waals surface area contributed by atoms with Crippen LogP contribution in [-0.4, -0.2) is 41.1 Å². The van der Waals surface area contributed by atoms with E-state index < -0.39 is 17.7 Å². The number of carbonyl (C=O) groups excluding carboxylic acids is 1. The van der Waals surface area contributed by atoms with Gasteiger partial charge in [0.2, 0.25) is 0 Å². The third-order valence-electron chi connectivity index (χ3n) is 3.30. The van der Waals surface area contributed by atoms with Crippen molar-refractivity contribution in [2.45, 2.75) is 37.6 Å². The molecule has 0 aromatic heterocycles. The van der Waals surface area contributed by atoms with Gasteiger partial charge in [-0.25, -0.2) is 4.79 Å². The lowest BCUT2D eigenvalue weighted by atomic mass is 9.87. The van der Waals surface area contributed by atoms with E-state index in [4.69, 9.17) is 9.47 Å². The largest absolute Gasteiger partial charge is 0.463 e. The summed E-state index contributed by atoms with van der Waals surface area (Å²) in [5.74, 6) is -0.800. The number of rotatable bonds is 7. The van der Waals surface area contributed by atoms with E-state index in [0.717, 1.165) is 0 Å². The molecule has 2 rings (SSSR count). The van der Waals surface area contributed by atoms with Crippen LogP contribution in [0.4, 0.5) is 0 Å². The van der Waals surface area contributed by atoms with Gasteiger partial charge in [-0.1, -0.05) is 37.3 Å². The Kier molecular flexibility index (Phi) is 4.75. The van der Waals surface area contributed by atoms with Crippen LogP contribution in [0.1, 0.15) is 31.4 Å². The first-order valence-electron chi connectivity index (χ1n) is 6.82. The summed E-state index contributed by atoms with van der Waals surface area (Å²) in [6.45, 7) is 2.57. The highest BCUT2D eigenvalue weighted by Gasteiger charge is 2.49. The predicted molar refractivity (Wildman–Crippen MR) is 72.0 cm³/mol. The number of hydrogen-bond acceptors (Lipinski definition) is 5. The summed E-state index contributed by atoms with van der Waals surface area (Å²) in [6, 6.07) is 8.61. The molecule has 1 fully saturated rings. The number of epoxide rings is 1. The van der Waals surface area contributed by atoms with Crippen molar-refractivity contribution in [3.63, 3.8) is 0 Å². The number of benzene rings is 1. The number of carbonyl (C=O) groups is 1. The molecule has 1 aromatic rings. The highest BCUT2D eigenvalue weighted by atomic mass is 16.6. The van der Waals surface area contributed by atoms with E-state index in [1.165, 1.54) is 0 Å². The van der Waals surface area contributed by atoms with Gasteiger partial charge in [0.25, 0.3) is 0 Å². The van der Waals surface area contributed by atoms with E-state index in [9.17, 15) is 15.0 Å². The first kappa shape index (κ1) is 15.0. The second-order valence-corrected chi connectivity index (χ2v) is 5.03. The molecule has 5 nitrogen and oxygen atoms in total. The third kappa shape index (κ3) is 3.36. The highest BCUT2D eigenvalue weighted by Crippen LogP contribution is 2.34. The van der Waals surface area contributed by atoms with Crippen molar-refractivity contribution >= 4 is 5.97 Å². The molecule has 0 aliphatic carbocycles. The molecule has 1 aliphatic heterocycles. The van der Waals surface area contributed by atoms with Gasteiger partial charge in [0.05, 0.1) is 19.3 Å². The number of esters is 1. The number of hydrogen-bond donors (Lipinski definition) is 2. The van der Waals surface area contributed by atoms with Gasteiger partial charge in [0.15, 0.2) is 5.60 Å². The Morgan fingerprint density at radius 2 is 2.15 bits per heavy atom. The molecular weight excluding hydrogens is 260 g/mol. The summed E-state index contributed by atoms with van der Waals surface area (Å²) in [6.07, 6.45) is -0.848. The molecule has 110 valence electrons. The first-order chi connectivity index (χ1) is 9.58. The Hall–Kier alpha value is -1.43. The van der Waals surface area contributed by atoms with Crippen LogP contribution < -0.4 is 0 Å². The molecule has 20 heavy (non-hydrogen) atoms. The van der Waals surface area contributed by atoms with Crippen LogP contribution in [0.25, 0.3) is 0 Å². The third-order valence-corrected chi connectivity index (χ3v) is 3.30. The molecule has 1 heterocycles. The summed E-state index contributed by atoms with van der Waals surface area (Å²) >= 11 is 0. The summed E-state index contributed by atoms with van der Waals surface area (Å²) in [7, 11) is 0. The van der Waals surface area contributed by atoms with Crippen molar-refractivity contribution in [1.29, 1.82) is 0 Å². The first-order valence-corrected chi connectivity index (χ1v) is 6.82. The normalized spacial score (nSPS) is 21.9. The number of aliphatic hydroxyl groups is 2. The minimum Gasteiger partial charge on any atom is -0.463 e. The smallest absolute Gasteiger partial charge is 0.341 e. The Labute approximate surface area is 118 Å². The molecular formula is C15H20O5. The second-order valence-electron chi connectivity index (χ2n) is 5.03. The van der Waals surface area contributed by atoms with Crippen LogP contribution in [0.2, 0.25) is 0 Å². The molecule has 3 atom stereocenters. The maximum absolute atomic E-state index is 12.1. The lowest BCUT2D eigenvalue weighted by Gasteiger charge is -2.30. The predicted octanol–water partition coefficient (Wildman–Crippen LogP) is 1.19. The standard InChI is InChI=1S/C15H20O5/c1-2-8-19-14(17)15(18,9-12-10-20-12)13(16)11-6-4-3-5-7-11/h3-7,12-13,16,18H,2,8-10H2,1H3. The van der Waals surface area contributed by atoms with Crippen LogP contribution in [0.3, 0.4) is 0 Å². The Morgan fingerprint density at radius 1 is 1.50 bits per heavy atom. The van der Waals surface area contributed by atoms with Gasteiger partial charge in [0.1, 0.15) is 6.10 Å². The fourth-order valence-electron chi connectivity index (χ4n) is 2.07. The van der Waals surface area contributed by atoms with Gasteiger partial charge >= 0.3 is 5.97 Å². The molecule has 1 aromatic carbocycles. The minimum absolute atomic E-state index is 0.0333. The minimum atomic E-state index is -1.97. The van der Waals surface area contributed by atoms with Crippen molar-refractivity contribution in [3.05, 3.63) is 35.9 Å². The fraction of sp³-hybridized carbons (Fsp3) is 0.533. The quantitative estimate of drug-likeness (QED) is 0.579. The van der Waals surface area contributed by atoms with E-state index in [-0.39, 0.29) is 19.1 Å². The molecule has 0 radical (unpaired) electrons. The zero-order chi connectivity index (χ0) is 14.6. The van der Waals surface area contributed by atoms with Crippen molar-refractivity contribution in [2.75, 3.05) is 13.2 Å². The monoisotopic (exact) mass is 280 g/mol. The summed E-state index contributed by atoms with van der Waals surface area (Å²) < 4.78 is 10.1. The molecule has 0 spiro atoms. The topological polar surface area (TPSA) is 79.3 Å². The lowest BCUT2D eigenvalue weighted by Crippen LogP contribution is -2.47. The lowest BCUT2D eigenvalue weighted by molar-refractivity contribution is -0.181. The maximum atomic E-state index is 12.1. The van der Waals surface area contributed by atoms with E-state index in [1.807, 2.05) is 6.92 Å². The zero-order valence-corrected chi connectivity index (χ0v) is 11.5. The van der Waals surface area contributed by atoms with E-state index in [1.54, 1.807) is 30.3 Å². The average Bonchev–Trinajstić information content (AvgIpc) is 3.28. The van der Waals surface area contributed by atoms with Crippen LogP contribution >= 0.6 is 0 Å². The fourth-order valence-corrected chi connectivity index (χ4v) is 2.07. The van der Waals surface area contributed by atoms with Crippen LogP contribution in [0.5, 0.6) is 0 Å². The molecule has 1 aliphatic rings. The number of ether oxygens (including phenoxy) is 2. The van der Waals surface area contributed by atoms with Crippen molar-refractivity contribution in [1.82, 2.24) is 0 Å². The molecule has 0 amide bonds. The summed E-state index contributed by atoms with van der Waals surface area (Å²) in [4.78, 5) is 12.1. The summed E-state index contributed by atoms with van der Waals surface area (Å²) in [5, 5.41) is 21.0. The van der Waals surface area contributed by atoms with Gasteiger partial charge in [0, 0.05) is 6.42 Å². The van der Waals surface area contributed by atoms with Crippen molar-refractivity contribution in [2.24, 2.45) is 0 Å². The van der Waals surface area contributed by atoms with Gasteiger partial charge in [-0.05, 0) is 12.0 Å². The Bertz CT molecular complexity index is 443. The number of aliphatic hydroxyl groups excluding tert-OH is 1. The van der Waals surface area contributed by atoms with Gasteiger partial charge < -0.3 is 19.7 Å². The second kappa shape index (κ2) is 6.35. The molecule has 5 heteroatoms. The van der Waals surface area contributed by atoms with Gasteiger partial charge in [-0.15, -0.1) is 0 Å². The van der Waals surface area contributed by atoms with Crippen LogP contribution in [-0.2, 0) is 14.3 Å². The van der Waals surface area contributed by atoms with E-state index in [0.29, 0.717) is 18.6 Å². The van der Waals surface area contributed by atoms with Gasteiger partial charge in [-0.3, -0.25) is 0 Å². The van der Waals surface area contributed by atoms with Gasteiger partial charge in [-0.2, -0.15) is 0 Å². The molecule has 3 unspecified atom stereocenters. The highest BCUT2D eigenvalue weighted by molar-refractivity contribution is 5.80. The van der Waals surface area contributed by atoms with E-state index >= 15 is 0 Å². The molecule has 0 bridgehead atoms. The van der Waals surface area contributed by atoms with Crippen molar-refractivity contribution in [3.8, 4) is 0 Å². The average molecular weight is 280 g/mol. The molecule has 0 saturated carbocycles. The Morgan fingerprint density at radius 3 is 2.70 bits per heavy atom. The van der Waals surface area contributed by atoms with E-state index in [2.05, 4.69) is 0 Å². The molecule has 1 saturated heterocycles. The maximum Gasteiger partial charge on any atom is 0.341 e. The molecule has 2 N–H and O–H groups in total. The Balaban J connectivity index is 2.18. The summed E-state index contributed by atoms with van der Waals surface area (Å²) in [5.41, 5.74) is -1.50. The van der Waals surface area contributed by atoms with Crippen molar-refractivity contribution < 1.29 is 24.5 Å². The van der Waals surface area contributed by atoms with Crippen LogP contribution in [0, 0.1) is 0 Å². The zero-order valence-electron chi connectivity index (χ0n) is 11.5. The van der Waals surface area contributed by atoms with Crippen LogP contribution in [0.15, 0.2) is 30.3 Å².